The van der Waals surface area contributed by atoms with Crippen molar-refractivity contribution in [2.45, 2.75) is 38.8 Å². The minimum Gasteiger partial charge on any atom is -0.378 e. The SMILES string of the molecule is CCC(CC)C(CNC(=O)C1COCCN1)N(C)C. The van der Waals surface area contributed by atoms with Crippen LogP contribution in [0.15, 0.2) is 0 Å². The fourth-order valence-corrected chi connectivity index (χ4v) is 2.67. The lowest BCUT2D eigenvalue weighted by Gasteiger charge is -2.32. The molecule has 1 aliphatic rings. The number of carbonyl (C=O) groups is 1. The van der Waals surface area contributed by atoms with Crippen molar-refractivity contribution < 1.29 is 9.53 Å². The van der Waals surface area contributed by atoms with Gasteiger partial charge in [0.05, 0.1) is 13.2 Å². The molecule has 0 aromatic rings. The van der Waals surface area contributed by atoms with Gasteiger partial charge in [0.15, 0.2) is 0 Å². The normalized spacial score (nSPS) is 21.7. The van der Waals surface area contributed by atoms with E-state index in [1.807, 2.05) is 0 Å². The van der Waals surface area contributed by atoms with Crippen LogP contribution < -0.4 is 10.6 Å². The average Bonchev–Trinajstić information content (AvgIpc) is 2.43. The summed E-state index contributed by atoms with van der Waals surface area (Å²) in [6.07, 6.45) is 2.28. The van der Waals surface area contributed by atoms with E-state index in [0.717, 1.165) is 19.4 Å². The molecule has 5 heteroatoms. The van der Waals surface area contributed by atoms with Crippen LogP contribution in [0, 0.1) is 5.92 Å². The summed E-state index contributed by atoms with van der Waals surface area (Å²) in [5.74, 6) is 0.670. The van der Waals surface area contributed by atoms with Gasteiger partial charge in [0.25, 0.3) is 0 Å². The van der Waals surface area contributed by atoms with Crippen molar-refractivity contribution in [1.82, 2.24) is 15.5 Å². The molecule has 1 fully saturated rings. The molecule has 19 heavy (non-hydrogen) atoms. The highest BCUT2D eigenvalue weighted by molar-refractivity contribution is 5.82. The van der Waals surface area contributed by atoms with Crippen molar-refractivity contribution in [3.8, 4) is 0 Å². The van der Waals surface area contributed by atoms with E-state index < -0.39 is 0 Å². The Kier molecular flexibility index (Phi) is 7.34. The van der Waals surface area contributed by atoms with E-state index in [-0.39, 0.29) is 11.9 Å². The lowest BCUT2D eigenvalue weighted by Crippen LogP contribution is -2.54. The second kappa shape index (κ2) is 8.51. The Bertz CT molecular complexity index is 261. The van der Waals surface area contributed by atoms with Gasteiger partial charge in [-0.1, -0.05) is 26.7 Å². The predicted octanol–water partition coefficient (Wildman–Crippen LogP) is 0.457. The van der Waals surface area contributed by atoms with Gasteiger partial charge < -0.3 is 20.3 Å². The topological polar surface area (TPSA) is 53.6 Å². The quantitative estimate of drug-likeness (QED) is 0.706. The fourth-order valence-electron chi connectivity index (χ4n) is 2.67. The molecule has 0 aliphatic carbocycles. The molecule has 1 saturated heterocycles. The number of hydrogen-bond acceptors (Lipinski definition) is 4. The molecular formula is C14H29N3O2. The average molecular weight is 271 g/mol. The van der Waals surface area contributed by atoms with Crippen molar-refractivity contribution in [2.75, 3.05) is 40.4 Å². The third-order valence-electron chi connectivity index (χ3n) is 3.98. The third kappa shape index (κ3) is 5.09. The number of nitrogens with one attached hydrogen (secondary N) is 2. The summed E-state index contributed by atoms with van der Waals surface area (Å²) in [5, 5.41) is 6.24. The number of ether oxygens (including phenoxy) is 1. The molecule has 1 amide bonds. The minimum atomic E-state index is -0.196. The van der Waals surface area contributed by atoms with Gasteiger partial charge in [0, 0.05) is 19.1 Å². The summed E-state index contributed by atoms with van der Waals surface area (Å²) < 4.78 is 5.31. The van der Waals surface area contributed by atoms with E-state index in [1.165, 1.54) is 0 Å². The summed E-state index contributed by atoms with van der Waals surface area (Å²) in [4.78, 5) is 14.3. The van der Waals surface area contributed by atoms with Gasteiger partial charge in [-0.3, -0.25) is 4.79 Å². The number of morpholine rings is 1. The monoisotopic (exact) mass is 271 g/mol. The van der Waals surface area contributed by atoms with Crippen LogP contribution in [0.1, 0.15) is 26.7 Å². The van der Waals surface area contributed by atoms with Gasteiger partial charge in [-0.2, -0.15) is 0 Å². The maximum atomic E-state index is 12.1. The molecule has 0 bridgehead atoms. The van der Waals surface area contributed by atoms with E-state index in [0.29, 0.717) is 31.7 Å². The summed E-state index contributed by atoms with van der Waals surface area (Å²) in [6, 6.07) is 0.196. The Morgan fingerprint density at radius 3 is 2.58 bits per heavy atom. The highest BCUT2D eigenvalue weighted by Crippen LogP contribution is 2.16. The zero-order valence-corrected chi connectivity index (χ0v) is 12.7. The lowest BCUT2D eigenvalue weighted by molar-refractivity contribution is -0.126. The van der Waals surface area contributed by atoms with Crippen molar-refractivity contribution in [3.63, 3.8) is 0 Å². The van der Waals surface area contributed by atoms with E-state index in [9.17, 15) is 4.79 Å². The van der Waals surface area contributed by atoms with Gasteiger partial charge in [-0.25, -0.2) is 0 Å². The second-order valence-corrected chi connectivity index (χ2v) is 5.43. The molecule has 1 rings (SSSR count). The van der Waals surface area contributed by atoms with Crippen LogP contribution in [0.5, 0.6) is 0 Å². The van der Waals surface area contributed by atoms with E-state index in [1.54, 1.807) is 0 Å². The van der Waals surface area contributed by atoms with Gasteiger partial charge in [-0.05, 0) is 20.0 Å². The number of likely N-dealkylation sites (N-methyl/N-ethyl adjacent to an activating group) is 1. The van der Waals surface area contributed by atoms with Gasteiger partial charge >= 0.3 is 0 Å². The van der Waals surface area contributed by atoms with Crippen LogP contribution in [-0.2, 0) is 9.53 Å². The molecule has 0 aromatic carbocycles. The maximum Gasteiger partial charge on any atom is 0.239 e. The molecule has 0 saturated carbocycles. The van der Waals surface area contributed by atoms with Crippen molar-refractivity contribution >= 4 is 5.91 Å². The minimum absolute atomic E-state index is 0.0532. The predicted molar refractivity (Wildman–Crippen MR) is 77.2 cm³/mol. The molecule has 0 spiro atoms. The van der Waals surface area contributed by atoms with Crippen molar-refractivity contribution in [2.24, 2.45) is 5.92 Å². The second-order valence-electron chi connectivity index (χ2n) is 5.43. The lowest BCUT2D eigenvalue weighted by atomic mass is 9.93. The first-order valence-corrected chi connectivity index (χ1v) is 7.35. The molecule has 2 atom stereocenters. The Hall–Kier alpha value is -0.650. The van der Waals surface area contributed by atoms with E-state index in [2.05, 4.69) is 43.5 Å². The summed E-state index contributed by atoms with van der Waals surface area (Å²) in [5.41, 5.74) is 0. The number of nitrogens with zero attached hydrogens (tertiary/aromatic N) is 1. The number of hydrogen-bond donors (Lipinski definition) is 2. The van der Waals surface area contributed by atoms with E-state index >= 15 is 0 Å². The van der Waals surface area contributed by atoms with Crippen molar-refractivity contribution in [3.05, 3.63) is 0 Å². The summed E-state index contributed by atoms with van der Waals surface area (Å²) >= 11 is 0. The Morgan fingerprint density at radius 1 is 1.42 bits per heavy atom. The smallest absolute Gasteiger partial charge is 0.239 e. The van der Waals surface area contributed by atoms with Crippen molar-refractivity contribution in [1.29, 1.82) is 0 Å². The first-order valence-electron chi connectivity index (χ1n) is 7.35. The van der Waals surface area contributed by atoms with Gasteiger partial charge in [-0.15, -0.1) is 0 Å². The molecule has 1 heterocycles. The molecule has 0 aromatic heterocycles. The van der Waals surface area contributed by atoms with Crippen LogP contribution in [0.25, 0.3) is 0 Å². The number of amides is 1. The molecule has 0 radical (unpaired) electrons. The standard InChI is InChI=1S/C14H29N3O2/c1-5-11(6-2)13(17(3)4)9-16-14(18)12-10-19-8-7-15-12/h11-13,15H,5-10H2,1-4H3,(H,16,18). The third-order valence-corrected chi connectivity index (χ3v) is 3.98. The molecule has 5 nitrogen and oxygen atoms in total. The molecule has 112 valence electrons. The summed E-state index contributed by atoms with van der Waals surface area (Å²) in [6.45, 7) is 7.05. The van der Waals surface area contributed by atoms with E-state index in [4.69, 9.17) is 4.74 Å². The molecule has 2 N–H and O–H groups in total. The van der Waals surface area contributed by atoms with Crippen LogP contribution in [0.3, 0.4) is 0 Å². The van der Waals surface area contributed by atoms with Gasteiger partial charge in [0.2, 0.25) is 5.91 Å². The number of rotatable bonds is 7. The fraction of sp³-hybridized carbons (Fsp3) is 0.929. The summed E-state index contributed by atoms with van der Waals surface area (Å²) in [7, 11) is 4.16. The maximum absolute atomic E-state index is 12.1. The van der Waals surface area contributed by atoms with Gasteiger partial charge in [0.1, 0.15) is 6.04 Å². The van der Waals surface area contributed by atoms with Crippen LogP contribution in [-0.4, -0.2) is 63.3 Å². The Labute approximate surface area is 117 Å². The zero-order valence-electron chi connectivity index (χ0n) is 12.7. The zero-order chi connectivity index (χ0) is 14.3. The van der Waals surface area contributed by atoms with Crippen LogP contribution >= 0.6 is 0 Å². The highest BCUT2D eigenvalue weighted by atomic mass is 16.5. The largest absolute Gasteiger partial charge is 0.378 e. The molecular weight excluding hydrogens is 242 g/mol. The number of carbonyl (C=O) groups excluding carboxylic acids is 1. The van der Waals surface area contributed by atoms with Crippen LogP contribution in [0.2, 0.25) is 0 Å². The molecule has 2 unspecified atom stereocenters. The highest BCUT2D eigenvalue weighted by Gasteiger charge is 2.24. The Balaban J connectivity index is 2.44. The first-order chi connectivity index (χ1) is 9.10. The Morgan fingerprint density at radius 2 is 2.11 bits per heavy atom. The first kappa shape index (κ1) is 16.4. The van der Waals surface area contributed by atoms with Crippen LogP contribution in [0.4, 0.5) is 0 Å². The molecule has 1 aliphatic heterocycles.